The lowest BCUT2D eigenvalue weighted by Crippen LogP contribution is -2.49. The molecule has 2 aromatic carbocycles. The van der Waals surface area contributed by atoms with Crippen LogP contribution in [0.2, 0.25) is 0 Å². The summed E-state index contributed by atoms with van der Waals surface area (Å²) in [4.78, 5) is 9.45. The van der Waals surface area contributed by atoms with Gasteiger partial charge in [0, 0.05) is 57.2 Å². The van der Waals surface area contributed by atoms with Gasteiger partial charge in [0.25, 0.3) is 0 Å². The summed E-state index contributed by atoms with van der Waals surface area (Å²) in [5.41, 5.74) is 2.65. The standard InChI is InChI=1S/C26H29N3O3/c1-2-5-21(6-3-1)17-24(22-7-4-10-27-19-22)29-13-11-28(12-14-29)15-16-30-23-8-9-25-26(18-23)32-20-31-25/h1-10,18-19,24H,11-17,20H2. The Hall–Kier alpha value is -3.09. The molecule has 0 radical (unpaired) electrons. The van der Waals surface area contributed by atoms with Crippen molar-refractivity contribution < 1.29 is 14.2 Å². The number of hydrogen-bond donors (Lipinski definition) is 0. The molecule has 6 heteroatoms. The molecule has 1 fully saturated rings. The number of ether oxygens (including phenoxy) is 3. The summed E-state index contributed by atoms with van der Waals surface area (Å²) in [7, 11) is 0. The molecule has 2 aliphatic rings. The third-order valence-corrected chi connectivity index (χ3v) is 6.21. The van der Waals surface area contributed by atoms with Crippen LogP contribution in [0, 0.1) is 0 Å². The molecule has 5 rings (SSSR count). The maximum Gasteiger partial charge on any atom is 0.231 e. The topological polar surface area (TPSA) is 47.1 Å². The van der Waals surface area contributed by atoms with Gasteiger partial charge in [-0.15, -0.1) is 0 Å². The first-order chi connectivity index (χ1) is 15.8. The van der Waals surface area contributed by atoms with Crippen molar-refractivity contribution in [2.75, 3.05) is 46.1 Å². The zero-order valence-corrected chi connectivity index (χ0v) is 18.2. The number of nitrogens with zero attached hydrogens (tertiary/aromatic N) is 3. The van der Waals surface area contributed by atoms with E-state index in [4.69, 9.17) is 14.2 Å². The predicted molar refractivity (Wildman–Crippen MR) is 123 cm³/mol. The van der Waals surface area contributed by atoms with Gasteiger partial charge in [0.05, 0.1) is 0 Å². The second-order valence-electron chi connectivity index (χ2n) is 8.23. The molecule has 0 bridgehead atoms. The summed E-state index contributed by atoms with van der Waals surface area (Å²) in [6.07, 6.45) is 4.86. The number of piperazine rings is 1. The molecule has 1 atom stereocenters. The molecule has 0 N–H and O–H groups in total. The molecule has 0 spiro atoms. The van der Waals surface area contributed by atoms with Crippen LogP contribution in [0.3, 0.4) is 0 Å². The van der Waals surface area contributed by atoms with E-state index in [1.807, 2.05) is 36.7 Å². The van der Waals surface area contributed by atoms with E-state index in [2.05, 4.69) is 51.2 Å². The number of pyridine rings is 1. The SMILES string of the molecule is c1ccc(CC(c2cccnc2)N2CCN(CCOc3ccc4c(c3)OCO4)CC2)cc1. The summed E-state index contributed by atoms with van der Waals surface area (Å²) in [5.74, 6) is 2.37. The number of hydrogen-bond acceptors (Lipinski definition) is 6. The van der Waals surface area contributed by atoms with Crippen LogP contribution < -0.4 is 14.2 Å². The molecule has 3 aromatic rings. The number of rotatable bonds is 8. The fourth-order valence-electron chi connectivity index (χ4n) is 4.43. The van der Waals surface area contributed by atoms with E-state index in [1.165, 1.54) is 11.1 Å². The number of benzene rings is 2. The molecule has 6 nitrogen and oxygen atoms in total. The van der Waals surface area contributed by atoms with Crippen molar-refractivity contribution in [3.05, 3.63) is 84.2 Å². The zero-order chi connectivity index (χ0) is 21.6. The highest BCUT2D eigenvalue weighted by Crippen LogP contribution is 2.35. The smallest absolute Gasteiger partial charge is 0.231 e. The van der Waals surface area contributed by atoms with E-state index < -0.39 is 0 Å². The van der Waals surface area contributed by atoms with E-state index in [0.717, 1.165) is 56.4 Å². The van der Waals surface area contributed by atoms with Crippen LogP contribution in [-0.4, -0.2) is 60.9 Å². The molecule has 1 saturated heterocycles. The van der Waals surface area contributed by atoms with Crippen molar-refractivity contribution in [2.45, 2.75) is 12.5 Å². The quantitative estimate of drug-likeness (QED) is 0.541. The normalized spacial score (nSPS) is 17.2. The number of aromatic nitrogens is 1. The molecule has 0 aliphatic carbocycles. The molecular weight excluding hydrogens is 402 g/mol. The third kappa shape index (κ3) is 5.03. The van der Waals surface area contributed by atoms with Crippen LogP contribution in [0.1, 0.15) is 17.2 Å². The van der Waals surface area contributed by atoms with Crippen molar-refractivity contribution in [3.63, 3.8) is 0 Å². The van der Waals surface area contributed by atoms with E-state index in [0.29, 0.717) is 12.6 Å². The van der Waals surface area contributed by atoms with Crippen LogP contribution >= 0.6 is 0 Å². The monoisotopic (exact) mass is 431 g/mol. The minimum absolute atomic E-state index is 0.285. The van der Waals surface area contributed by atoms with Crippen LogP contribution in [0.5, 0.6) is 17.2 Å². The molecule has 2 aliphatic heterocycles. The molecule has 0 amide bonds. The summed E-state index contributed by atoms with van der Waals surface area (Å²) in [6, 6.07) is 21.1. The van der Waals surface area contributed by atoms with E-state index >= 15 is 0 Å². The van der Waals surface area contributed by atoms with E-state index in [9.17, 15) is 0 Å². The van der Waals surface area contributed by atoms with Gasteiger partial charge in [0.15, 0.2) is 11.5 Å². The zero-order valence-electron chi connectivity index (χ0n) is 18.2. The first-order valence-corrected chi connectivity index (χ1v) is 11.3. The molecule has 0 saturated carbocycles. The second kappa shape index (κ2) is 10.0. The van der Waals surface area contributed by atoms with Crippen molar-refractivity contribution in [2.24, 2.45) is 0 Å². The third-order valence-electron chi connectivity index (χ3n) is 6.21. The summed E-state index contributed by atoms with van der Waals surface area (Å²) in [5, 5.41) is 0. The molecule has 166 valence electrons. The van der Waals surface area contributed by atoms with Crippen LogP contribution in [0.15, 0.2) is 73.1 Å². The van der Waals surface area contributed by atoms with Crippen molar-refractivity contribution >= 4 is 0 Å². The maximum atomic E-state index is 5.96. The highest BCUT2D eigenvalue weighted by Gasteiger charge is 2.25. The fraction of sp³-hybridized carbons (Fsp3) is 0.346. The predicted octanol–water partition coefficient (Wildman–Crippen LogP) is 3.79. The van der Waals surface area contributed by atoms with E-state index in [-0.39, 0.29) is 6.79 Å². The average molecular weight is 432 g/mol. The first kappa shape index (κ1) is 20.8. The van der Waals surface area contributed by atoms with Crippen LogP contribution in [0.4, 0.5) is 0 Å². The van der Waals surface area contributed by atoms with Gasteiger partial charge in [-0.05, 0) is 35.7 Å². The van der Waals surface area contributed by atoms with Crippen LogP contribution in [0.25, 0.3) is 0 Å². The van der Waals surface area contributed by atoms with Gasteiger partial charge >= 0.3 is 0 Å². The summed E-state index contributed by atoms with van der Waals surface area (Å²) < 4.78 is 16.7. The van der Waals surface area contributed by atoms with Crippen molar-refractivity contribution in [1.29, 1.82) is 0 Å². The maximum absolute atomic E-state index is 5.96. The Bertz CT molecular complexity index is 992. The lowest BCUT2D eigenvalue weighted by atomic mass is 9.98. The Kier molecular flexibility index (Phi) is 6.51. The molecular formula is C26H29N3O3. The average Bonchev–Trinajstić information content (AvgIpc) is 3.32. The highest BCUT2D eigenvalue weighted by atomic mass is 16.7. The summed E-state index contributed by atoms with van der Waals surface area (Å²) in [6.45, 7) is 6.01. The van der Waals surface area contributed by atoms with Crippen LogP contribution in [-0.2, 0) is 6.42 Å². The van der Waals surface area contributed by atoms with Crippen molar-refractivity contribution in [3.8, 4) is 17.2 Å². The lowest BCUT2D eigenvalue weighted by Gasteiger charge is -2.39. The molecule has 3 heterocycles. The number of fused-ring (bicyclic) bond motifs is 1. The fourth-order valence-corrected chi connectivity index (χ4v) is 4.43. The summed E-state index contributed by atoms with van der Waals surface area (Å²) >= 11 is 0. The highest BCUT2D eigenvalue weighted by molar-refractivity contribution is 5.46. The first-order valence-electron chi connectivity index (χ1n) is 11.3. The Morgan fingerprint density at radius 2 is 1.75 bits per heavy atom. The van der Waals surface area contributed by atoms with Gasteiger partial charge < -0.3 is 14.2 Å². The van der Waals surface area contributed by atoms with Gasteiger partial charge in [-0.1, -0.05) is 36.4 Å². The van der Waals surface area contributed by atoms with Gasteiger partial charge in [-0.2, -0.15) is 0 Å². The van der Waals surface area contributed by atoms with Gasteiger partial charge in [0.1, 0.15) is 12.4 Å². The Balaban J connectivity index is 1.14. The molecule has 32 heavy (non-hydrogen) atoms. The second-order valence-corrected chi connectivity index (χ2v) is 8.23. The molecule has 1 unspecified atom stereocenters. The van der Waals surface area contributed by atoms with Gasteiger partial charge in [-0.25, -0.2) is 0 Å². The van der Waals surface area contributed by atoms with Gasteiger partial charge in [0.2, 0.25) is 6.79 Å². The van der Waals surface area contributed by atoms with E-state index in [1.54, 1.807) is 0 Å². The lowest BCUT2D eigenvalue weighted by molar-refractivity contribution is 0.0857. The van der Waals surface area contributed by atoms with Crippen molar-refractivity contribution in [1.82, 2.24) is 14.8 Å². The van der Waals surface area contributed by atoms with Gasteiger partial charge in [-0.3, -0.25) is 14.8 Å². The minimum atomic E-state index is 0.285. The Morgan fingerprint density at radius 3 is 2.56 bits per heavy atom. The minimum Gasteiger partial charge on any atom is -0.492 e. The Morgan fingerprint density at radius 1 is 0.906 bits per heavy atom. The molecule has 1 aromatic heterocycles. The largest absolute Gasteiger partial charge is 0.492 e. The Labute approximate surface area is 189 Å².